The van der Waals surface area contributed by atoms with Crippen LogP contribution in [0.3, 0.4) is 0 Å². The molecule has 33 heavy (non-hydrogen) atoms. The third-order valence-corrected chi connectivity index (χ3v) is 6.86. The van der Waals surface area contributed by atoms with Crippen molar-refractivity contribution >= 4 is 22.4 Å². The van der Waals surface area contributed by atoms with Crippen molar-refractivity contribution in [2.75, 3.05) is 6.61 Å². The summed E-state index contributed by atoms with van der Waals surface area (Å²) >= 11 is 0. The van der Waals surface area contributed by atoms with Gasteiger partial charge in [-0.3, -0.25) is 4.79 Å². The molecule has 3 aromatic rings. The summed E-state index contributed by atoms with van der Waals surface area (Å²) in [5.74, 6) is 1.23. The van der Waals surface area contributed by atoms with Gasteiger partial charge in [0.25, 0.3) is 0 Å². The maximum atomic E-state index is 12.8. The van der Waals surface area contributed by atoms with Gasteiger partial charge in [-0.05, 0) is 69.2 Å². The van der Waals surface area contributed by atoms with Crippen LogP contribution in [-0.4, -0.2) is 18.6 Å². The number of hydrogen-bond donors (Lipinski definition) is 1. The Balaban J connectivity index is 1.71. The van der Waals surface area contributed by atoms with Crippen LogP contribution in [-0.2, 0) is 4.79 Å². The number of allylic oxidation sites excluding steroid dienone is 1. The van der Waals surface area contributed by atoms with Crippen LogP contribution in [0.4, 0.5) is 0 Å². The summed E-state index contributed by atoms with van der Waals surface area (Å²) in [5, 5.41) is 4.25. The van der Waals surface area contributed by atoms with Gasteiger partial charge in [0.15, 0.2) is 0 Å². The van der Waals surface area contributed by atoms with Gasteiger partial charge in [0, 0.05) is 34.7 Å². The van der Waals surface area contributed by atoms with Crippen LogP contribution in [0.2, 0.25) is 0 Å². The smallest absolute Gasteiger partial charge is 0.244 e. The summed E-state index contributed by atoms with van der Waals surface area (Å²) in [5.41, 5.74) is 7.24. The molecule has 1 saturated carbocycles. The molecule has 0 aliphatic heterocycles. The SMILES string of the molecule is CCOc1cc2occ(-c3ccc(C)cc3C)c2cc1/C(C)=C/C(=O)NC1CCCCC1C. The molecule has 1 aromatic heterocycles. The number of amides is 1. The molecule has 2 unspecified atom stereocenters. The Hall–Kier alpha value is -3.01. The van der Waals surface area contributed by atoms with E-state index in [0.717, 1.165) is 45.4 Å². The van der Waals surface area contributed by atoms with Crippen molar-refractivity contribution < 1.29 is 13.9 Å². The van der Waals surface area contributed by atoms with Gasteiger partial charge in [0.1, 0.15) is 11.3 Å². The monoisotopic (exact) mass is 445 g/mol. The van der Waals surface area contributed by atoms with E-state index >= 15 is 0 Å². The average molecular weight is 446 g/mol. The molecule has 1 aliphatic rings. The van der Waals surface area contributed by atoms with E-state index in [1.165, 1.54) is 30.4 Å². The lowest BCUT2D eigenvalue weighted by molar-refractivity contribution is -0.117. The molecular weight excluding hydrogens is 410 g/mol. The highest BCUT2D eigenvalue weighted by Gasteiger charge is 2.22. The second-order valence-electron chi connectivity index (χ2n) is 9.45. The van der Waals surface area contributed by atoms with Crippen LogP contribution >= 0.6 is 0 Å². The predicted octanol–water partition coefficient (Wildman–Crippen LogP) is 7.21. The number of ether oxygens (including phenoxy) is 1. The number of fused-ring (bicyclic) bond motifs is 1. The Bertz CT molecular complexity index is 1190. The molecule has 4 rings (SSSR count). The summed E-state index contributed by atoms with van der Waals surface area (Å²) in [6, 6.07) is 10.8. The summed E-state index contributed by atoms with van der Waals surface area (Å²) in [6.07, 6.45) is 8.21. The molecule has 1 N–H and O–H groups in total. The van der Waals surface area contributed by atoms with Gasteiger partial charge in [-0.1, -0.05) is 43.5 Å². The van der Waals surface area contributed by atoms with Gasteiger partial charge in [0.2, 0.25) is 5.91 Å². The van der Waals surface area contributed by atoms with Gasteiger partial charge >= 0.3 is 0 Å². The lowest BCUT2D eigenvalue weighted by Gasteiger charge is -2.29. The van der Waals surface area contributed by atoms with E-state index in [-0.39, 0.29) is 11.9 Å². The minimum atomic E-state index is -0.0319. The topological polar surface area (TPSA) is 51.5 Å². The van der Waals surface area contributed by atoms with Crippen LogP contribution in [0.25, 0.3) is 27.7 Å². The van der Waals surface area contributed by atoms with Crippen molar-refractivity contribution in [2.24, 2.45) is 5.92 Å². The zero-order chi connectivity index (χ0) is 23.5. The first-order valence-corrected chi connectivity index (χ1v) is 12.1. The Morgan fingerprint density at radius 3 is 2.67 bits per heavy atom. The Kier molecular flexibility index (Phi) is 6.92. The summed E-state index contributed by atoms with van der Waals surface area (Å²) in [4.78, 5) is 12.8. The maximum Gasteiger partial charge on any atom is 0.244 e. The number of hydrogen-bond acceptors (Lipinski definition) is 3. The molecule has 1 aliphatic carbocycles. The van der Waals surface area contributed by atoms with Gasteiger partial charge < -0.3 is 14.5 Å². The standard InChI is InChI=1S/C29H35NO3/c1-6-32-27-16-28-24(25(17-33-28)22-12-11-18(2)13-20(22)4)15-23(27)21(5)14-29(31)30-26-10-8-7-9-19(26)3/h11-17,19,26H,6-10H2,1-5H3,(H,30,31)/b21-14+. The molecule has 1 heterocycles. The second-order valence-corrected chi connectivity index (χ2v) is 9.45. The van der Waals surface area contributed by atoms with E-state index in [0.29, 0.717) is 12.5 Å². The number of benzene rings is 2. The Morgan fingerprint density at radius 1 is 1.15 bits per heavy atom. The summed E-state index contributed by atoms with van der Waals surface area (Å²) in [6.45, 7) is 10.9. The first-order valence-electron chi connectivity index (χ1n) is 12.1. The normalized spacial score (nSPS) is 19.0. The van der Waals surface area contributed by atoms with Gasteiger partial charge in [-0.15, -0.1) is 0 Å². The van der Waals surface area contributed by atoms with Crippen LogP contribution in [0.5, 0.6) is 5.75 Å². The van der Waals surface area contributed by atoms with Crippen LogP contribution < -0.4 is 10.1 Å². The molecule has 1 amide bonds. The van der Waals surface area contributed by atoms with Gasteiger partial charge in [0.05, 0.1) is 12.9 Å². The second kappa shape index (κ2) is 9.86. The van der Waals surface area contributed by atoms with Crippen molar-refractivity contribution in [3.05, 3.63) is 59.4 Å². The van der Waals surface area contributed by atoms with Crippen LogP contribution in [0.1, 0.15) is 63.1 Å². The highest BCUT2D eigenvalue weighted by molar-refractivity contribution is 6.00. The maximum absolute atomic E-state index is 12.8. The number of furan rings is 1. The Labute approximate surface area is 197 Å². The molecule has 1 fully saturated rings. The number of carbonyl (C=O) groups is 1. The molecule has 4 heteroatoms. The van der Waals surface area contributed by atoms with E-state index in [1.54, 1.807) is 6.08 Å². The predicted molar refractivity (Wildman–Crippen MR) is 136 cm³/mol. The molecule has 0 saturated heterocycles. The largest absolute Gasteiger partial charge is 0.493 e. The lowest BCUT2D eigenvalue weighted by Crippen LogP contribution is -2.40. The number of aryl methyl sites for hydroxylation is 2. The van der Waals surface area contributed by atoms with E-state index in [9.17, 15) is 4.79 Å². The lowest BCUT2D eigenvalue weighted by atomic mass is 9.86. The third-order valence-electron chi connectivity index (χ3n) is 6.86. The van der Waals surface area contributed by atoms with Crippen molar-refractivity contribution in [1.29, 1.82) is 0 Å². The summed E-state index contributed by atoms with van der Waals surface area (Å²) in [7, 11) is 0. The highest BCUT2D eigenvalue weighted by atomic mass is 16.5. The van der Waals surface area contributed by atoms with E-state index < -0.39 is 0 Å². The van der Waals surface area contributed by atoms with Crippen molar-refractivity contribution in [1.82, 2.24) is 5.32 Å². The number of carbonyl (C=O) groups excluding carboxylic acids is 1. The number of rotatable bonds is 6. The molecule has 2 atom stereocenters. The fraction of sp³-hybridized carbons (Fsp3) is 0.414. The zero-order valence-electron chi connectivity index (χ0n) is 20.5. The van der Waals surface area contributed by atoms with Gasteiger partial charge in [-0.25, -0.2) is 0 Å². The molecule has 0 spiro atoms. The zero-order valence-corrected chi connectivity index (χ0v) is 20.5. The third kappa shape index (κ3) is 5.00. The van der Waals surface area contributed by atoms with E-state index in [2.05, 4.69) is 50.4 Å². The fourth-order valence-electron chi connectivity index (χ4n) is 4.99. The van der Waals surface area contributed by atoms with E-state index in [1.807, 2.05) is 26.2 Å². The first-order chi connectivity index (χ1) is 15.9. The van der Waals surface area contributed by atoms with E-state index in [4.69, 9.17) is 9.15 Å². The van der Waals surface area contributed by atoms with Crippen LogP contribution in [0, 0.1) is 19.8 Å². The number of nitrogens with one attached hydrogen (secondary N) is 1. The van der Waals surface area contributed by atoms with Crippen molar-refractivity contribution in [2.45, 2.75) is 66.3 Å². The highest BCUT2D eigenvalue weighted by Crippen LogP contribution is 2.38. The fourth-order valence-corrected chi connectivity index (χ4v) is 4.99. The summed E-state index contributed by atoms with van der Waals surface area (Å²) < 4.78 is 11.9. The van der Waals surface area contributed by atoms with Crippen molar-refractivity contribution in [3.8, 4) is 16.9 Å². The molecule has 174 valence electrons. The average Bonchev–Trinajstić information content (AvgIpc) is 3.17. The minimum absolute atomic E-state index is 0.0319. The molecule has 2 aromatic carbocycles. The van der Waals surface area contributed by atoms with Gasteiger partial charge in [-0.2, -0.15) is 0 Å². The first kappa shape index (κ1) is 23.2. The minimum Gasteiger partial charge on any atom is -0.493 e. The quantitative estimate of drug-likeness (QED) is 0.408. The molecule has 0 radical (unpaired) electrons. The molecular formula is C29H35NO3. The van der Waals surface area contributed by atoms with Crippen molar-refractivity contribution in [3.63, 3.8) is 0 Å². The Morgan fingerprint density at radius 2 is 1.94 bits per heavy atom. The molecule has 0 bridgehead atoms. The molecule has 4 nitrogen and oxygen atoms in total. The van der Waals surface area contributed by atoms with Crippen LogP contribution in [0.15, 0.2) is 47.1 Å².